The highest BCUT2D eigenvalue weighted by Crippen LogP contribution is 2.37. The lowest BCUT2D eigenvalue weighted by atomic mass is 9.91. The third-order valence-corrected chi connectivity index (χ3v) is 4.29. The fourth-order valence-electron chi connectivity index (χ4n) is 3.16. The van der Waals surface area contributed by atoms with Gasteiger partial charge in [0.15, 0.2) is 5.43 Å². The van der Waals surface area contributed by atoms with Crippen LogP contribution < -0.4 is 15.9 Å². The third-order valence-electron chi connectivity index (χ3n) is 4.29. The van der Waals surface area contributed by atoms with E-state index in [4.69, 9.17) is 14.9 Å². The molecule has 2 aromatic carbocycles. The minimum absolute atomic E-state index is 0.0145. The second kappa shape index (κ2) is 6.61. The zero-order chi connectivity index (χ0) is 19.1. The fourth-order valence-corrected chi connectivity index (χ4v) is 3.16. The number of hydrogen-bond acceptors (Lipinski definition) is 4. The highest BCUT2D eigenvalue weighted by atomic mass is 16.5. The standard InChI is InChI=1S/C22H25NO3/c1-13(2)25-17-12-11-16-19(24)14(3)20(15-9-7-6-8-10-15)26-21(16)18(17)22(4,5)23/h6-13H,23H2,1-5H3. The van der Waals surface area contributed by atoms with Gasteiger partial charge >= 0.3 is 0 Å². The van der Waals surface area contributed by atoms with Gasteiger partial charge in [-0.1, -0.05) is 30.3 Å². The molecule has 0 fully saturated rings. The van der Waals surface area contributed by atoms with Crippen molar-refractivity contribution >= 4 is 11.0 Å². The van der Waals surface area contributed by atoms with Gasteiger partial charge in [0, 0.05) is 16.7 Å². The van der Waals surface area contributed by atoms with Crippen molar-refractivity contribution in [2.45, 2.75) is 46.3 Å². The number of fused-ring (bicyclic) bond motifs is 1. The van der Waals surface area contributed by atoms with Crippen LogP contribution in [0.5, 0.6) is 5.75 Å². The van der Waals surface area contributed by atoms with Gasteiger partial charge in [0.1, 0.15) is 17.1 Å². The van der Waals surface area contributed by atoms with E-state index in [2.05, 4.69) is 0 Å². The van der Waals surface area contributed by atoms with Crippen LogP contribution in [-0.4, -0.2) is 6.10 Å². The molecule has 0 unspecified atom stereocenters. The summed E-state index contributed by atoms with van der Waals surface area (Å²) in [7, 11) is 0. The van der Waals surface area contributed by atoms with Gasteiger partial charge in [-0.25, -0.2) is 0 Å². The van der Waals surface area contributed by atoms with Gasteiger partial charge < -0.3 is 14.9 Å². The summed E-state index contributed by atoms with van der Waals surface area (Å²) in [6.07, 6.45) is -0.0145. The molecular formula is C22H25NO3. The van der Waals surface area contributed by atoms with Crippen molar-refractivity contribution in [1.82, 2.24) is 0 Å². The first-order chi connectivity index (χ1) is 12.2. The lowest BCUT2D eigenvalue weighted by molar-refractivity contribution is 0.236. The molecule has 26 heavy (non-hydrogen) atoms. The summed E-state index contributed by atoms with van der Waals surface area (Å²) in [5.74, 6) is 1.21. The molecule has 0 aliphatic carbocycles. The number of rotatable bonds is 4. The molecule has 0 bridgehead atoms. The Bertz CT molecular complexity index is 996. The van der Waals surface area contributed by atoms with E-state index in [1.54, 1.807) is 13.0 Å². The summed E-state index contributed by atoms with van der Waals surface area (Å²) in [5.41, 5.74) is 8.30. The van der Waals surface area contributed by atoms with Gasteiger partial charge in [0.2, 0.25) is 0 Å². The first kappa shape index (κ1) is 18.2. The molecule has 0 radical (unpaired) electrons. The molecule has 3 rings (SSSR count). The van der Waals surface area contributed by atoms with Crippen LogP contribution in [0, 0.1) is 6.92 Å². The first-order valence-corrected chi connectivity index (χ1v) is 8.82. The van der Waals surface area contributed by atoms with E-state index in [0.29, 0.717) is 33.6 Å². The van der Waals surface area contributed by atoms with Crippen molar-refractivity contribution in [3.8, 4) is 17.1 Å². The largest absolute Gasteiger partial charge is 0.491 e. The van der Waals surface area contributed by atoms with Crippen LogP contribution in [0.3, 0.4) is 0 Å². The molecule has 0 saturated heterocycles. The number of ether oxygens (including phenoxy) is 1. The predicted molar refractivity (Wildman–Crippen MR) is 106 cm³/mol. The summed E-state index contributed by atoms with van der Waals surface area (Å²) < 4.78 is 12.2. The lowest BCUT2D eigenvalue weighted by Gasteiger charge is -2.25. The highest BCUT2D eigenvalue weighted by Gasteiger charge is 2.27. The molecule has 0 saturated carbocycles. The Morgan fingerprint density at radius 3 is 2.31 bits per heavy atom. The van der Waals surface area contributed by atoms with Gasteiger partial charge in [-0.3, -0.25) is 4.79 Å². The van der Waals surface area contributed by atoms with Crippen LogP contribution in [0.15, 0.2) is 51.7 Å². The Hall–Kier alpha value is -2.59. The smallest absolute Gasteiger partial charge is 0.196 e. The van der Waals surface area contributed by atoms with Gasteiger partial charge in [-0.15, -0.1) is 0 Å². The minimum atomic E-state index is -0.733. The van der Waals surface area contributed by atoms with Crippen LogP contribution in [0.25, 0.3) is 22.3 Å². The average Bonchev–Trinajstić information content (AvgIpc) is 2.57. The van der Waals surface area contributed by atoms with E-state index in [9.17, 15) is 4.79 Å². The Kier molecular flexibility index (Phi) is 4.63. The summed E-state index contributed by atoms with van der Waals surface area (Å²) in [4.78, 5) is 13.0. The summed E-state index contributed by atoms with van der Waals surface area (Å²) in [5, 5.41) is 0.520. The van der Waals surface area contributed by atoms with E-state index in [1.165, 1.54) is 0 Å². The molecule has 136 valence electrons. The maximum Gasteiger partial charge on any atom is 0.196 e. The van der Waals surface area contributed by atoms with Crippen LogP contribution in [0.4, 0.5) is 0 Å². The van der Waals surface area contributed by atoms with Crippen molar-refractivity contribution < 1.29 is 9.15 Å². The van der Waals surface area contributed by atoms with Gasteiger partial charge in [-0.05, 0) is 46.8 Å². The number of hydrogen-bond donors (Lipinski definition) is 1. The van der Waals surface area contributed by atoms with Crippen molar-refractivity contribution in [3.63, 3.8) is 0 Å². The van der Waals surface area contributed by atoms with Gasteiger partial charge in [0.25, 0.3) is 0 Å². The lowest BCUT2D eigenvalue weighted by Crippen LogP contribution is -2.30. The van der Waals surface area contributed by atoms with Crippen LogP contribution in [0.2, 0.25) is 0 Å². The molecule has 4 nitrogen and oxygen atoms in total. The Morgan fingerprint density at radius 2 is 1.73 bits per heavy atom. The zero-order valence-electron chi connectivity index (χ0n) is 15.9. The average molecular weight is 351 g/mol. The maximum absolute atomic E-state index is 13.0. The predicted octanol–water partition coefficient (Wildman–Crippen LogP) is 4.75. The monoisotopic (exact) mass is 351 g/mol. The molecule has 0 amide bonds. The van der Waals surface area contributed by atoms with E-state index in [-0.39, 0.29) is 11.5 Å². The molecule has 2 N–H and O–H groups in total. The number of nitrogens with two attached hydrogens (primary N) is 1. The van der Waals surface area contributed by atoms with Crippen LogP contribution in [0.1, 0.15) is 38.8 Å². The topological polar surface area (TPSA) is 65.5 Å². The fraction of sp³-hybridized carbons (Fsp3) is 0.318. The van der Waals surface area contributed by atoms with Crippen LogP contribution >= 0.6 is 0 Å². The van der Waals surface area contributed by atoms with Crippen LogP contribution in [-0.2, 0) is 5.54 Å². The summed E-state index contributed by atoms with van der Waals surface area (Å²) >= 11 is 0. The van der Waals surface area contributed by atoms with E-state index >= 15 is 0 Å². The van der Waals surface area contributed by atoms with Crippen molar-refractivity contribution in [3.05, 3.63) is 63.8 Å². The molecule has 4 heteroatoms. The SMILES string of the molecule is Cc1c(-c2ccccc2)oc2c(C(C)(C)N)c(OC(C)C)ccc2c1=O. The Labute approximate surface area is 153 Å². The van der Waals surface area contributed by atoms with Crippen molar-refractivity contribution in [2.24, 2.45) is 5.73 Å². The van der Waals surface area contributed by atoms with Crippen molar-refractivity contribution in [2.75, 3.05) is 0 Å². The highest BCUT2D eigenvalue weighted by molar-refractivity contribution is 5.86. The third kappa shape index (κ3) is 3.25. The molecule has 0 aliphatic rings. The normalized spacial score (nSPS) is 12.0. The minimum Gasteiger partial charge on any atom is -0.491 e. The second-order valence-electron chi connectivity index (χ2n) is 7.46. The van der Waals surface area contributed by atoms with Crippen molar-refractivity contribution in [1.29, 1.82) is 0 Å². The Balaban J connectivity index is 2.42. The summed E-state index contributed by atoms with van der Waals surface area (Å²) in [6, 6.07) is 13.2. The van der Waals surface area contributed by atoms with E-state index in [1.807, 2.05) is 64.1 Å². The van der Waals surface area contributed by atoms with Gasteiger partial charge in [0.05, 0.1) is 17.1 Å². The summed E-state index contributed by atoms with van der Waals surface area (Å²) in [6.45, 7) is 9.48. The molecule has 1 heterocycles. The molecule has 1 aromatic heterocycles. The second-order valence-corrected chi connectivity index (χ2v) is 7.46. The van der Waals surface area contributed by atoms with Gasteiger partial charge in [-0.2, -0.15) is 0 Å². The molecule has 3 aromatic rings. The quantitative estimate of drug-likeness (QED) is 0.737. The maximum atomic E-state index is 13.0. The van der Waals surface area contributed by atoms with E-state index < -0.39 is 5.54 Å². The molecular weight excluding hydrogens is 326 g/mol. The van der Waals surface area contributed by atoms with E-state index in [0.717, 1.165) is 5.56 Å². The molecule has 0 atom stereocenters. The molecule has 0 aliphatic heterocycles. The Morgan fingerprint density at radius 1 is 1.08 bits per heavy atom. The number of benzene rings is 2. The zero-order valence-corrected chi connectivity index (χ0v) is 15.9. The molecule has 0 spiro atoms. The first-order valence-electron chi connectivity index (χ1n) is 8.82.